The van der Waals surface area contributed by atoms with Crippen LogP contribution >= 0.6 is 0 Å². The topological polar surface area (TPSA) is 60.8 Å². The Morgan fingerprint density at radius 2 is 1.42 bits per heavy atom. The second-order valence-electron chi connectivity index (χ2n) is 4.95. The molecule has 1 aliphatic heterocycles. The fourth-order valence-electron chi connectivity index (χ4n) is 2.27. The van der Waals surface area contributed by atoms with Crippen molar-refractivity contribution in [2.45, 2.75) is 57.7 Å². The van der Waals surface area contributed by atoms with Crippen LogP contribution in [0.15, 0.2) is 0 Å². The van der Waals surface area contributed by atoms with Crippen molar-refractivity contribution in [1.29, 1.82) is 0 Å². The molecule has 0 aromatic carbocycles. The van der Waals surface area contributed by atoms with Gasteiger partial charge in [0.05, 0.1) is 6.10 Å². The normalized spacial score (nSPS) is 27.8. The Morgan fingerprint density at radius 1 is 1.08 bits per heavy atom. The lowest BCUT2D eigenvalue weighted by Gasteiger charge is -2.44. The molecule has 0 saturated carbocycles. The largest absolute Gasteiger partial charge is 0.393 e. The number of aliphatic hydroxyl groups is 1. The molecular formula is C9H19NO2. The van der Waals surface area contributed by atoms with Crippen LogP contribution in [0.2, 0.25) is 0 Å². The summed E-state index contributed by atoms with van der Waals surface area (Å²) in [5, 5.41) is 13.0. The van der Waals surface area contributed by atoms with Crippen LogP contribution in [0.25, 0.3) is 0 Å². The van der Waals surface area contributed by atoms with Gasteiger partial charge in [0, 0.05) is 16.6 Å². The first-order valence-electron chi connectivity index (χ1n) is 4.28. The zero-order valence-electron chi connectivity index (χ0n) is 8.35. The summed E-state index contributed by atoms with van der Waals surface area (Å²) in [4.78, 5) is 0. The second-order valence-corrected chi connectivity index (χ2v) is 4.95. The van der Waals surface area contributed by atoms with Crippen molar-refractivity contribution < 1.29 is 10.6 Å². The van der Waals surface area contributed by atoms with Crippen molar-refractivity contribution in [2.24, 2.45) is 0 Å². The molecule has 3 heteroatoms. The molecule has 0 atom stereocenters. The third kappa shape index (κ3) is 3.09. The summed E-state index contributed by atoms with van der Waals surface area (Å²) in [6.07, 6.45) is 1.58. The predicted molar refractivity (Wildman–Crippen MR) is 47.2 cm³/mol. The van der Waals surface area contributed by atoms with Crippen molar-refractivity contribution in [3.8, 4) is 0 Å². The van der Waals surface area contributed by atoms with Crippen molar-refractivity contribution in [1.82, 2.24) is 5.32 Å². The molecule has 0 unspecified atom stereocenters. The Kier molecular flexibility index (Phi) is 3.29. The Hall–Kier alpha value is -0.120. The highest BCUT2D eigenvalue weighted by Crippen LogP contribution is 2.27. The van der Waals surface area contributed by atoms with Crippen LogP contribution in [0.5, 0.6) is 0 Å². The van der Waals surface area contributed by atoms with E-state index in [0.717, 1.165) is 12.8 Å². The van der Waals surface area contributed by atoms with Crippen molar-refractivity contribution in [2.75, 3.05) is 0 Å². The Labute approximate surface area is 74.5 Å². The predicted octanol–water partition coefficient (Wildman–Crippen LogP) is 1.17. The highest BCUT2D eigenvalue weighted by Gasteiger charge is 2.36. The van der Waals surface area contributed by atoms with Crippen LogP contribution in [-0.2, 0) is 5.48 Å². The van der Waals surface area contributed by atoms with E-state index in [-0.39, 0.29) is 22.7 Å². The van der Waals surface area contributed by atoms with E-state index in [1.807, 2.05) is 0 Å². The standard InChI is InChI=1S/C9H19NO.O/c1-8(2)5-7(11)6-9(3,4)10-8;/h7,10-11H,5-6H2,1-4H3;. The number of hydrogen-bond acceptors (Lipinski definition) is 2. The average Bonchev–Trinajstić information content (AvgIpc) is 1.49. The minimum atomic E-state index is -0.138. The molecule has 1 aliphatic rings. The monoisotopic (exact) mass is 173 g/mol. The van der Waals surface area contributed by atoms with Gasteiger partial charge in [0.1, 0.15) is 0 Å². The number of rotatable bonds is 0. The average molecular weight is 173 g/mol. The van der Waals surface area contributed by atoms with Crippen LogP contribution < -0.4 is 5.32 Å². The molecular weight excluding hydrogens is 154 g/mol. The quantitative estimate of drug-likeness (QED) is 0.577. The molecule has 0 aromatic heterocycles. The Bertz CT molecular complexity index is 139. The summed E-state index contributed by atoms with van der Waals surface area (Å²) in [7, 11) is 0. The molecule has 0 aliphatic carbocycles. The third-order valence-electron chi connectivity index (χ3n) is 2.17. The molecule has 2 radical (unpaired) electrons. The first kappa shape index (κ1) is 11.9. The van der Waals surface area contributed by atoms with E-state index in [9.17, 15) is 5.11 Å². The molecule has 72 valence electrons. The number of piperidine rings is 1. The Morgan fingerprint density at radius 3 is 1.67 bits per heavy atom. The van der Waals surface area contributed by atoms with E-state index in [2.05, 4.69) is 33.0 Å². The van der Waals surface area contributed by atoms with E-state index in [1.165, 1.54) is 0 Å². The van der Waals surface area contributed by atoms with Crippen LogP contribution in [0.4, 0.5) is 0 Å². The van der Waals surface area contributed by atoms with E-state index in [1.54, 1.807) is 0 Å². The van der Waals surface area contributed by atoms with Gasteiger partial charge >= 0.3 is 0 Å². The van der Waals surface area contributed by atoms with E-state index < -0.39 is 0 Å². The van der Waals surface area contributed by atoms with E-state index in [0.29, 0.717) is 0 Å². The molecule has 1 saturated heterocycles. The summed E-state index contributed by atoms with van der Waals surface area (Å²) in [6.45, 7) is 8.54. The summed E-state index contributed by atoms with van der Waals surface area (Å²) in [5.41, 5.74) is 0.169. The fraction of sp³-hybridized carbons (Fsp3) is 1.00. The van der Waals surface area contributed by atoms with Gasteiger partial charge in [0.25, 0.3) is 0 Å². The molecule has 0 bridgehead atoms. The Balaban J connectivity index is 0.00000121. The van der Waals surface area contributed by atoms with Gasteiger partial charge in [-0.3, -0.25) is 0 Å². The molecule has 0 amide bonds. The van der Waals surface area contributed by atoms with Gasteiger partial charge in [-0.25, -0.2) is 0 Å². The maximum absolute atomic E-state index is 9.54. The van der Waals surface area contributed by atoms with Crippen LogP contribution in [0.1, 0.15) is 40.5 Å². The van der Waals surface area contributed by atoms with Gasteiger partial charge in [-0.1, -0.05) is 0 Å². The molecule has 3 nitrogen and oxygen atoms in total. The molecule has 0 spiro atoms. The van der Waals surface area contributed by atoms with Crippen LogP contribution in [0, 0.1) is 0 Å². The van der Waals surface area contributed by atoms with Gasteiger partial charge in [-0.05, 0) is 40.5 Å². The molecule has 1 rings (SSSR count). The number of hydrogen-bond donors (Lipinski definition) is 2. The summed E-state index contributed by atoms with van der Waals surface area (Å²) >= 11 is 0. The number of aliphatic hydroxyl groups excluding tert-OH is 1. The second kappa shape index (κ2) is 3.32. The number of nitrogens with one attached hydrogen (secondary N) is 1. The SMILES string of the molecule is CC1(C)CC(O)CC(C)(C)N1.[O]. The molecule has 1 fully saturated rings. The smallest absolute Gasteiger partial charge is 0.0575 e. The minimum absolute atomic E-state index is 0. The van der Waals surface area contributed by atoms with Gasteiger partial charge in [-0.15, -0.1) is 0 Å². The van der Waals surface area contributed by atoms with E-state index >= 15 is 0 Å². The van der Waals surface area contributed by atoms with Gasteiger partial charge in [0.15, 0.2) is 0 Å². The minimum Gasteiger partial charge on any atom is -0.393 e. The highest BCUT2D eigenvalue weighted by molar-refractivity contribution is 4.96. The molecule has 12 heavy (non-hydrogen) atoms. The summed E-state index contributed by atoms with van der Waals surface area (Å²) < 4.78 is 0. The lowest BCUT2D eigenvalue weighted by Crippen LogP contribution is -2.59. The van der Waals surface area contributed by atoms with Crippen molar-refractivity contribution in [3.05, 3.63) is 0 Å². The summed E-state index contributed by atoms with van der Waals surface area (Å²) in [6, 6.07) is 0. The van der Waals surface area contributed by atoms with Gasteiger partial charge in [0.2, 0.25) is 0 Å². The maximum atomic E-state index is 9.54. The molecule has 0 aromatic rings. The van der Waals surface area contributed by atoms with Crippen molar-refractivity contribution >= 4 is 0 Å². The lowest BCUT2D eigenvalue weighted by molar-refractivity contribution is 0.0396. The molecule has 2 N–H and O–H groups in total. The van der Waals surface area contributed by atoms with Crippen molar-refractivity contribution in [3.63, 3.8) is 0 Å². The van der Waals surface area contributed by atoms with Gasteiger partial charge < -0.3 is 10.4 Å². The zero-order valence-corrected chi connectivity index (χ0v) is 8.35. The zero-order chi connectivity index (χ0) is 8.70. The molecule has 1 heterocycles. The summed E-state index contributed by atoms with van der Waals surface area (Å²) in [5.74, 6) is 0. The first-order chi connectivity index (χ1) is 4.81. The fourth-order valence-corrected chi connectivity index (χ4v) is 2.27. The van der Waals surface area contributed by atoms with Gasteiger partial charge in [-0.2, -0.15) is 0 Å². The highest BCUT2D eigenvalue weighted by atomic mass is 16.3. The van der Waals surface area contributed by atoms with Crippen LogP contribution in [-0.4, -0.2) is 22.3 Å². The maximum Gasteiger partial charge on any atom is 0.0575 e. The first-order valence-corrected chi connectivity index (χ1v) is 4.28. The van der Waals surface area contributed by atoms with E-state index in [4.69, 9.17) is 0 Å². The third-order valence-corrected chi connectivity index (χ3v) is 2.17. The lowest BCUT2D eigenvalue weighted by atomic mass is 9.81. The van der Waals surface area contributed by atoms with Crippen LogP contribution in [0.3, 0.4) is 0 Å².